The van der Waals surface area contributed by atoms with Gasteiger partial charge >= 0.3 is 0 Å². The van der Waals surface area contributed by atoms with Crippen LogP contribution in [-0.4, -0.2) is 0 Å². The third kappa shape index (κ3) is 7.47. The van der Waals surface area contributed by atoms with E-state index in [9.17, 15) is 0 Å². The molecule has 0 aliphatic rings. The Morgan fingerprint density at radius 3 is 1.69 bits per heavy atom. The van der Waals surface area contributed by atoms with E-state index >= 15 is 0 Å². The molecule has 2 heterocycles. The highest BCUT2D eigenvalue weighted by molar-refractivity contribution is 7.25. The summed E-state index contributed by atoms with van der Waals surface area (Å²) in [5, 5.41) is 7.08. The first-order valence-corrected chi connectivity index (χ1v) is 24.8. The van der Waals surface area contributed by atoms with E-state index in [-0.39, 0.29) is 5.92 Å². The van der Waals surface area contributed by atoms with Gasteiger partial charge in [0.25, 0.3) is 0 Å². The number of nitrogens with zero attached hydrogens (tertiary/aromatic N) is 2. The van der Waals surface area contributed by atoms with Crippen LogP contribution in [0.25, 0.3) is 64.0 Å². The minimum Gasteiger partial charge on any atom is -0.455 e. The molecule has 1 atom stereocenters. The first kappa shape index (κ1) is 41.5. The number of hydrogen-bond donors (Lipinski definition) is 0. The molecule has 0 saturated heterocycles. The number of benzene rings is 11. The number of fused-ring (bicyclic) bond motifs is 8. The molecule has 13 aromatic rings. The number of thiophene rings is 1. The molecule has 4 heteroatoms. The van der Waals surface area contributed by atoms with E-state index in [0.717, 1.165) is 67.9 Å². The van der Waals surface area contributed by atoms with Gasteiger partial charge in [0, 0.05) is 65.3 Å². The van der Waals surface area contributed by atoms with Gasteiger partial charge in [-0.1, -0.05) is 164 Å². The molecule has 0 aliphatic carbocycles. The fourth-order valence-electron chi connectivity index (χ4n) is 10.6. The van der Waals surface area contributed by atoms with Gasteiger partial charge in [-0.2, -0.15) is 0 Å². The van der Waals surface area contributed by atoms with Crippen molar-refractivity contribution < 1.29 is 4.42 Å². The van der Waals surface area contributed by atoms with Crippen molar-refractivity contribution >= 4 is 98.3 Å². The minimum atomic E-state index is 0.0992. The van der Waals surface area contributed by atoms with Crippen molar-refractivity contribution in [2.45, 2.75) is 12.3 Å². The summed E-state index contributed by atoms with van der Waals surface area (Å²) in [5.74, 6) is 0.0992. The molecule has 3 nitrogen and oxygen atoms in total. The summed E-state index contributed by atoms with van der Waals surface area (Å²) in [7, 11) is 0. The smallest absolute Gasteiger partial charge is 0.143 e. The van der Waals surface area contributed by atoms with E-state index in [1.807, 2.05) is 11.3 Å². The molecule has 0 fully saturated rings. The van der Waals surface area contributed by atoms with Crippen molar-refractivity contribution in [1.29, 1.82) is 0 Å². The fourth-order valence-corrected chi connectivity index (χ4v) is 11.7. The fraction of sp³-hybridized carbons (Fsp3) is 0.0303. The number of furan rings is 1. The highest BCUT2D eigenvalue weighted by Crippen LogP contribution is 2.48. The molecule has 0 spiro atoms. The minimum absolute atomic E-state index is 0.0992. The van der Waals surface area contributed by atoms with Crippen LogP contribution in [0.4, 0.5) is 34.1 Å². The van der Waals surface area contributed by atoms with Gasteiger partial charge in [-0.15, -0.1) is 11.3 Å². The van der Waals surface area contributed by atoms with Crippen LogP contribution in [0.5, 0.6) is 0 Å². The largest absolute Gasteiger partial charge is 0.455 e. The van der Waals surface area contributed by atoms with Gasteiger partial charge in [-0.25, -0.2) is 0 Å². The summed E-state index contributed by atoms with van der Waals surface area (Å²) in [6.07, 6.45) is 0.871. The molecule has 0 N–H and O–H groups in total. The Balaban J connectivity index is 0.985. The van der Waals surface area contributed by atoms with Crippen molar-refractivity contribution in [3.05, 3.63) is 278 Å². The molecule has 11 aromatic carbocycles. The summed E-state index contributed by atoms with van der Waals surface area (Å²) in [5.41, 5.74) is 14.7. The zero-order valence-electron chi connectivity index (χ0n) is 38.3. The Kier molecular flexibility index (Phi) is 10.5. The summed E-state index contributed by atoms with van der Waals surface area (Å²) in [6.45, 7) is 0. The molecule has 0 radical (unpaired) electrons. The van der Waals surface area contributed by atoms with Crippen LogP contribution in [-0.2, 0) is 6.42 Å². The molecule has 1 unspecified atom stereocenters. The van der Waals surface area contributed by atoms with Gasteiger partial charge in [0.15, 0.2) is 0 Å². The van der Waals surface area contributed by atoms with Crippen molar-refractivity contribution in [1.82, 2.24) is 0 Å². The predicted octanol–water partition coefficient (Wildman–Crippen LogP) is 19.1. The van der Waals surface area contributed by atoms with E-state index in [1.54, 1.807) is 0 Å². The number of rotatable bonds is 11. The normalized spacial score (nSPS) is 12.0. The van der Waals surface area contributed by atoms with Gasteiger partial charge in [-0.3, -0.25) is 0 Å². The Morgan fingerprint density at radius 1 is 0.386 bits per heavy atom. The molecular formula is C66H46N2OS. The van der Waals surface area contributed by atoms with Gasteiger partial charge < -0.3 is 14.2 Å². The molecule has 0 saturated carbocycles. The lowest BCUT2D eigenvalue weighted by molar-refractivity contribution is 0.672. The van der Waals surface area contributed by atoms with E-state index in [0.29, 0.717) is 0 Å². The summed E-state index contributed by atoms with van der Waals surface area (Å²) < 4.78 is 9.24. The van der Waals surface area contributed by atoms with E-state index in [2.05, 4.69) is 271 Å². The van der Waals surface area contributed by atoms with Gasteiger partial charge in [0.05, 0.1) is 11.1 Å². The molecule has 70 heavy (non-hydrogen) atoms. The summed E-state index contributed by atoms with van der Waals surface area (Å²) in [4.78, 5) is 4.74. The lowest BCUT2D eigenvalue weighted by Crippen LogP contribution is -2.10. The second-order valence-electron chi connectivity index (χ2n) is 18.0. The molecule has 13 rings (SSSR count). The Bertz CT molecular complexity index is 3920. The van der Waals surface area contributed by atoms with Crippen LogP contribution >= 0.6 is 11.3 Å². The Morgan fingerprint density at radius 2 is 0.986 bits per heavy atom. The first-order valence-electron chi connectivity index (χ1n) is 24.0. The maximum Gasteiger partial charge on any atom is 0.143 e. The summed E-state index contributed by atoms with van der Waals surface area (Å²) in [6, 6.07) is 94.6. The van der Waals surface area contributed by atoms with Gasteiger partial charge in [0.2, 0.25) is 0 Å². The van der Waals surface area contributed by atoms with E-state index < -0.39 is 0 Å². The predicted molar refractivity (Wildman–Crippen MR) is 297 cm³/mol. The highest BCUT2D eigenvalue weighted by atomic mass is 32.1. The molecule has 0 amide bonds. The Labute approximate surface area is 411 Å². The van der Waals surface area contributed by atoms with Crippen LogP contribution in [0.1, 0.15) is 22.6 Å². The SMILES string of the molecule is c1ccc(CC(c2ccccc2)c2cc(-c3ccc(N(c4ccccc4)c4cccc5oc6c7ccccc7ccc6c45)cc3)cc3sc4ccc(N(c5ccccc5)c5ccccc5)cc4c23)cc1. The molecular weight excluding hydrogens is 869 g/mol. The second kappa shape index (κ2) is 17.7. The van der Waals surface area contributed by atoms with Crippen LogP contribution in [0.2, 0.25) is 0 Å². The lowest BCUT2D eigenvalue weighted by atomic mass is 9.82. The quantitative estimate of drug-likeness (QED) is 0.129. The highest BCUT2D eigenvalue weighted by Gasteiger charge is 2.25. The van der Waals surface area contributed by atoms with E-state index in [4.69, 9.17) is 4.42 Å². The number of anilines is 6. The van der Waals surface area contributed by atoms with Crippen molar-refractivity contribution in [2.75, 3.05) is 9.80 Å². The molecule has 2 aromatic heterocycles. The third-order valence-electron chi connectivity index (χ3n) is 13.8. The van der Waals surface area contributed by atoms with Crippen LogP contribution in [0.15, 0.2) is 265 Å². The van der Waals surface area contributed by atoms with Crippen LogP contribution < -0.4 is 9.80 Å². The average Bonchev–Trinajstić information content (AvgIpc) is 4.01. The first-order chi connectivity index (χ1) is 34.7. The third-order valence-corrected chi connectivity index (χ3v) is 14.9. The monoisotopic (exact) mass is 914 g/mol. The molecule has 0 aliphatic heterocycles. The van der Waals surface area contributed by atoms with Crippen molar-refractivity contribution in [3.8, 4) is 11.1 Å². The number of para-hydroxylation sites is 3. The number of hydrogen-bond acceptors (Lipinski definition) is 4. The topological polar surface area (TPSA) is 19.6 Å². The Hall–Kier alpha value is -8.70. The maximum atomic E-state index is 6.69. The standard InChI is InChI=1S/C66H46N2OS/c1-6-19-45(20-7-1)41-57(47-21-8-2-9-22-47)58-42-49(43-63-64(58)59-44-54(38-40-62(59)70-63)67(50-24-10-3-11-25-50)51-26-12-4-13-27-51)46-33-36-53(37-34-46)68(52-28-14-5-15-29-52)60-31-18-32-61-65(60)56-39-35-48-23-16-17-30-55(48)66(56)69-61/h1-40,42-44,57H,41H2. The van der Waals surface area contributed by atoms with Crippen molar-refractivity contribution in [2.24, 2.45) is 0 Å². The second-order valence-corrected chi connectivity index (χ2v) is 19.1. The van der Waals surface area contributed by atoms with E-state index in [1.165, 1.54) is 53.4 Å². The molecule has 0 bridgehead atoms. The average molecular weight is 915 g/mol. The maximum absolute atomic E-state index is 6.69. The zero-order chi connectivity index (χ0) is 46.4. The lowest BCUT2D eigenvalue weighted by Gasteiger charge is -2.26. The zero-order valence-corrected chi connectivity index (χ0v) is 39.1. The van der Waals surface area contributed by atoms with Crippen LogP contribution in [0, 0.1) is 0 Å². The molecule has 332 valence electrons. The van der Waals surface area contributed by atoms with Crippen LogP contribution in [0.3, 0.4) is 0 Å². The summed E-state index contributed by atoms with van der Waals surface area (Å²) >= 11 is 1.89. The van der Waals surface area contributed by atoms with Crippen molar-refractivity contribution in [3.63, 3.8) is 0 Å². The van der Waals surface area contributed by atoms with Gasteiger partial charge in [-0.05, 0) is 137 Å². The van der Waals surface area contributed by atoms with Gasteiger partial charge in [0.1, 0.15) is 11.2 Å².